The molecule has 1 aromatic carbocycles. The molecule has 2 nitrogen and oxygen atoms in total. The summed E-state index contributed by atoms with van der Waals surface area (Å²) < 4.78 is 0. The van der Waals surface area contributed by atoms with E-state index in [9.17, 15) is 5.11 Å². The van der Waals surface area contributed by atoms with Gasteiger partial charge in [-0.05, 0) is 49.4 Å². The zero-order chi connectivity index (χ0) is 12.4. The lowest BCUT2D eigenvalue weighted by Gasteiger charge is -2.34. The van der Waals surface area contributed by atoms with E-state index in [1.54, 1.807) is 0 Å². The summed E-state index contributed by atoms with van der Waals surface area (Å²) in [6.07, 6.45) is 3.41. The molecule has 0 fully saturated rings. The molecule has 0 aromatic heterocycles. The molecule has 0 saturated heterocycles. The molecule has 0 amide bonds. The highest BCUT2D eigenvalue weighted by atomic mass is 16.3. The summed E-state index contributed by atoms with van der Waals surface area (Å²) in [4.78, 5) is 2.43. The number of nitrogens with zero attached hydrogens (tertiary/aromatic N) is 1. The molecule has 2 rings (SSSR count). The quantitative estimate of drug-likeness (QED) is 0.865. The molecule has 1 aliphatic rings. The van der Waals surface area contributed by atoms with E-state index in [1.165, 1.54) is 24.0 Å². The Hall–Kier alpha value is -1.02. The lowest BCUT2D eigenvalue weighted by Crippen LogP contribution is -2.30. The third kappa shape index (κ3) is 2.63. The minimum absolute atomic E-state index is 0.477. The van der Waals surface area contributed by atoms with Gasteiger partial charge in [-0.3, -0.25) is 4.90 Å². The van der Waals surface area contributed by atoms with Crippen LogP contribution in [-0.2, 0) is 6.42 Å². The van der Waals surface area contributed by atoms with Crippen LogP contribution in [0.4, 0.5) is 0 Å². The number of phenols is 1. The van der Waals surface area contributed by atoms with Gasteiger partial charge in [0.05, 0.1) is 0 Å². The molecular formula is C15H23NO. The summed E-state index contributed by atoms with van der Waals surface area (Å²) in [5.74, 6) is 1.16. The Balaban J connectivity index is 2.25. The van der Waals surface area contributed by atoms with E-state index in [0.717, 1.165) is 13.0 Å². The van der Waals surface area contributed by atoms with Crippen LogP contribution in [0, 0.1) is 5.92 Å². The van der Waals surface area contributed by atoms with Crippen molar-refractivity contribution < 1.29 is 5.11 Å². The van der Waals surface area contributed by atoms with Crippen molar-refractivity contribution in [2.45, 2.75) is 39.2 Å². The normalized spacial score (nSPS) is 19.7. The summed E-state index contributed by atoms with van der Waals surface area (Å²) in [5.41, 5.74) is 2.50. The van der Waals surface area contributed by atoms with Gasteiger partial charge in [0.25, 0.3) is 0 Å². The van der Waals surface area contributed by atoms with Gasteiger partial charge in [0, 0.05) is 12.6 Å². The second-order valence-electron chi connectivity index (χ2n) is 5.59. The van der Waals surface area contributed by atoms with Crippen LogP contribution in [0.1, 0.15) is 43.9 Å². The second-order valence-corrected chi connectivity index (χ2v) is 5.59. The third-order valence-electron chi connectivity index (χ3n) is 3.64. The minimum Gasteiger partial charge on any atom is -0.508 e. The first-order chi connectivity index (χ1) is 8.09. The van der Waals surface area contributed by atoms with E-state index >= 15 is 0 Å². The summed E-state index contributed by atoms with van der Waals surface area (Å²) >= 11 is 0. The minimum atomic E-state index is 0.477. The monoisotopic (exact) mass is 233 g/mol. The Labute approximate surface area is 104 Å². The maximum atomic E-state index is 9.92. The van der Waals surface area contributed by atoms with E-state index in [1.807, 2.05) is 12.1 Å². The molecule has 1 aliphatic carbocycles. The van der Waals surface area contributed by atoms with Crippen molar-refractivity contribution in [3.8, 4) is 5.75 Å². The number of benzene rings is 1. The zero-order valence-corrected chi connectivity index (χ0v) is 11.1. The summed E-state index contributed by atoms with van der Waals surface area (Å²) in [5, 5.41) is 9.92. The maximum absolute atomic E-state index is 9.92. The second kappa shape index (κ2) is 5.09. The van der Waals surface area contributed by atoms with Gasteiger partial charge < -0.3 is 5.11 Å². The van der Waals surface area contributed by atoms with Crippen LogP contribution in [-0.4, -0.2) is 23.6 Å². The van der Waals surface area contributed by atoms with Crippen molar-refractivity contribution >= 4 is 0 Å². The largest absolute Gasteiger partial charge is 0.508 e. The highest BCUT2D eigenvalue weighted by Crippen LogP contribution is 2.37. The van der Waals surface area contributed by atoms with Crippen LogP contribution < -0.4 is 0 Å². The fourth-order valence-electron chi connectivity index (χ4n) is 2.97. The van der Waals surface area contributed by atoms with Crippen molar-refractivity contribution in [2.75, 3.05) is 13.6 Å². The van der Waals surface area contributed by atoms with Crippen LogP contribution >= 0.6 is 0 Å². The molecule has 0 spiro atoms. The molecule has 1 aromatic rings. The highest BCUT2D eigenvalue weighted by Gasteiger charge is 2.25. The first-order valence-corrected chi connectivity index (χ1v) is 6.60. The van der Waals surface area contributed by atoms with Gasteiger partial charge in [-0.25, -0.2) is 0 Å². The average Bonchev–Trinajstić information content (AvgIpc) is 2.28. The lowest BCUT2D eigenvalue weighted by molar-refractivity contribution is 0.198. The zero-order valence-electron chi connectivity index (χ0n) is 11.1. The lowest BCUT2D eigenvalue weighted by atomic mass is 9.86. The van der Waals surface area contributed by atoms with Crippen molar-refractivity contribution in [1.82, 2.24) is 4.90 Å². The highest BCUT2D eigenvalue weighted by molar-refractivity contribution is 5.42. The molecule has 0 bridgehead atoms. The van der Waals surface area contributed by atoms with E-state index in [0.29, 0.717) is 17.7 Å². The maximum Gasteiger partial charge on any atom is 0.119 e. The molecule has 1 N–H and O–H groups in total. The van der Waals surface area contributed by atoms with Gasteiger partial charge in [-0.15, -0.1) is 0 Å². The van der Waals surface area contributed by atoms with Gasteiger partial charge in [0.1, 0.15) is 5.75 Å². The number of hydrogen-bond acceptors (Lipinski definition) is 2. The van der Waals surface area contributed by atoms with Crippen molar-refractivity contribution in [3.05, 3.63) is 29.3 Å². The van der Waals surface area contributed by atoms with Crippen molar-refractivity contribution in [3.63, 3.8) is 0 Å². The summed E-state index contributed by atoms with van der Waals surface area (Å²) in [6.45, 7) is 5.62. The average molecular weight is 233 g/mol. The molecule has 2 heteroatoms. The summed E-state index contributed by atoms with van der Waals surface area (Å²) in [7, 11) is 2.20. The fraction of sp³-hybridized carbons (Fsp3) is 0.600. The molecule has 1 atom stereocenters. The Morgan fingerprint density at radius 3 is 2.88 bits per heavy atom. The summed E-state index contributed by atoms with van der Waals surface area (Å²) in [6, 6.07) is 6.43. The van der Waals surface area contributed by atoms with Gasteiger partial charge in [0.15, 0.2) is 0 Å². The Morgan fingerprint density at radius 1 is 1.41 bits per heavy atom. The van der Waals surface area contributed by atoms with E-state index in [-0.39, 0.29) is 0 Å². The predicted octanol–water partition coefficient (Wildman–Crippen LogP) is 3.36. The SMILES string of the molecule is CC(C)CN(C)C1CCCc2c(O)cccc21. The van der Waals surface area contributed by atoms with Crippen LogP contribution in [0.25, 0.3) is 0 Å². The first kappa shape index (κ1) is 12.4. The smallest absolute Gasteiger partial charge is 0.119 e. The Kier molecular flexibility index (Phi) is 3.72. The Morgan fingerprint density at radius 2 is 2.18 bits per heavy atom. The molecule has 0 heterocycles. The van der Waals surface area contributed by atoms with Gasteiger partial charge >= 0.3 is 0 Å². The number of phenolic OH excluding ortho intramolecular Hbond substituents is 1. The van der Waals surface area contributed by atoms with E-state index < -0.39 is 0 Å². The van der Waals surface area contributed by atoms with Gasteiger partial charge in [-0.2, -0.15) is 0 Å². The van der Waals surface area contributed by atoms with E-state index in [4.69, 9.17) is 0 Å². The van der Waals surface area contributed by atoms with Gasteiger partial charge in [-0.1, -0.05) is 26.0 Å². The molecule has 0 saturated carbocycles. The fourth-order valence-corrected chi connectivity index (χ4v) is 2.97. The molecular weight excluding hydrogens is 210 g/mol. The molecule has 1 unspecified atom stereocenters. The molecule has 17 heavy (non-hydrogen) atoms. The molecule has 0 aliphatic heterocycles. The van der Waals surface area contributed by atoms with Crippen molar-refractivity contribution in [1.29, 1.82) is 0 Å². The van der Waals surface area contributed by atoms with Crippen LogP contribution in [0.5, 0.6) is 5.75 Å². The van der Waals surface area contributed by atoms with Crippen LogP contribution in [0.2, 0.25) is 0 Å². The molecule has 0 radical (unpaired) electrons. The van der Waals surface area contributed by atoms with E-state index in [2.05, 4.69) is 31.9 Å². The standard InChI is InChI=1S/C15H23NO/c1-11(2)10-16(3)14-8-4-7-13-12(14)6-5-9-15(13)17/h5-6,9,11,14,17H,4,7-8,10H2,1-3H3. The number of rotatable bonds is 3. The topological polar surface area (TPSA) is 23.5 Å². The van der Waals surface area contributed by atoms with Gasteiger partial charge in [0.2, 0.25) is 0 Å². The third-order valence-corrected chi connectivity index (χ3v) is 3.64. The Bertz CT molecular complexity index is 387. The predicted molar refractivity (Wildman–Crippen MR) is 71.3 cm³/mol. The van der Waals surface area contributed by atoms with Crippen LogP contribution in [0.15, 0.2) is 18.2 Å². The number of aromatic hydroxyl groups is 1. The number of fused-ring (bicyclic) bond motifs is 1. The van der Waals surface area contributed by atoms with Crippen molar-refractivity contribution in [2.24, 2.45) is 5.92 Å². The number of hydrogen-bond donors (Lipinski definition) is 1. The molecule has 94 valence electrons. The van der Waals surface area contributed by atoms with Crippen LogP contribution in [0.3, 0.4) is 0 Å². The first-order valence-electron chi connectivity index (χ1n) is 6.60.